The first-order valence-corrected chi connectivity index (χ1v) is 9.37. The molecule has 28 heavy (non-hydrogen) atoms. The molecule has 2 heterocycles. The van der Waals surface area contributed by atoms with Gasteiger partial charge in [-0.2, -0.15) is 0 Å². The van der Waals surface area contributed by atoms with Gasteiger partial charge < -0.3 is 14.2 Å². The molecule has 0 radical (unpaired) electrons. The molecule has 144 valence electrons. The number of aromatic nitrogens is 2. The standard InChI is InChI=1S/C22H22FN3O2/c1-16-13-24-22(17-5-3-2-4-6-17)26(16)19-11-12-25(14-19)21(27)15-28-20-9-7-18(23)8-10-20/h2-10,13,19H,11-12,14-15H2,1H3. The van der Waals surface area contributed by atoms with E-state index < -0.39 is 0 Å². The van der Waals surface area contributed by atoms with Crippen molar-refractivity contribution < 1.29 is 13.9 Å². The molecular weight excluding hydrogens is 357 g/mol. The van der Waals surface area contributed by atoms with Crippen molar-refractivity contribution in [1.29, 1.82) is 0 Å². The molecule has 0 saturated carbocycles. The number of amides is 1. The summed E-state index contributed by atoms with van der Waals surface area (Å²) in [6, 6.07) is 16.0. The van der Waals surface area contributed by atoms with Gasteiger partial charge in [0.05, 0.1) is 6.04 Å². The molecule has 1 atom stereocenters. The number of hydrogen-bond donors (Lipinski definition) is 0. The summed E-state index contributed by atoms with van der Waals surface area (Å²) in [5, 5.41) is 0. The number of carbonyl (C=O) groups is 1. The van der Waals surface area contributed by atoms with Crippen molar-refractivity contribution in [2.45, 2.75) is 19.4 Å². The normalized spacial score (nSPS) is 16.4. The van der Waals surface area contributed by atoms with E-state index in [4.69, 9.17) is 4.74 Å². The lowest BCUT2D eigenvalue weighted by atomic mass is 10.2. The maximum atomic E-state index is 13.0. The first-order chi connectivity index (χ1) is 13.6. The van der Waals surface area contributed by atoms with E-state index in [9.17, 15) is 9.18 Å². The van der Waals surface area contributed by atoms with E-state index in [1.807, 2.05) is 48.4 Å². The molecule has 1 unspecified atom stereocenters. The van der Waals surface area contributed by atoms with Crippen molar-refractivity contribution >= 4 is 5.91 Å². The Labute approximate surface area is 163 Å². The Morgan fingerprint density at radius 1 is 1.18 bits per heavy atom. The van der Waals surface area contributed by atoms with E-state index in [1.54, 1.807) is 0 Å². The van der Waals surface area contributed by atoms with Crippen LogP contribution in [0.3, 0.4) is 0 Å². The zero-order valence-electron chi connectivity index (χ0n) is 15.7. The van der Waals surface area contributed by atoms with Crippen molar-refractivity contribution in [3.05, 3.63) is 72.3 Å². The summed E-state index contributed by atoms with van der Waals surface area (Å²) in [4.78, 5) is 19.0. The Bertz CT molecular complexity index is 954. The van der Waals surface area contributed by atoms with E-state index in [0.717, 1.165) is 23.5 Å². The van der Waals surface area contributed by atoms with Crippen LogP contribution in [0.5, 0.6) is 5.75 Å². The summed E-state index contributed by atoms with van der Waals surface area (Å²) < 4.78 is 20.7. The molecular formula is C22H22FN3O2. The number of halogens is 1. The van der Waals surface area contributed by atoms with E-state index >= 15 is 0 Å². The number of nitrogens with zero attached hydrogens (tertiary/aromatic N) is 3. The highest BCUT2D eigenvalue weighted by molar-refractivity contribution is 5.78. The van der Waals surface area contributed by atoms with Crippen LogP contribution in [0, 0.1) is 12.7 Å². The molecule has 1 aromatic heterocycles. The average molecular weight is 379 g/mol. The lowest BCUT2D eigenvalue weighted by molar-refractivity contribution is -0.132. The Balaban J connectivity index is 1.42. The van der Waals surface area contributed by atoms with Crippen LogP contribution < -0.4 is 4.74 Å². The molecule has 0 bridgehead atoms. The summed E-state index contributed by atoms with van der Waals surface area (Å²) in [5.74, 6) is 1.03. The van der Waals surface area contributed by atoms with Crippen molar-refractivity contribution in [3.8, 4) is 17.1 Å². The molecule has 3 aromatic rings. The van der Waals surface area contributed by atoms with E-state index in [-0.39, 0.29) is 24.4 Å². The second kappa shape index (κ2) is 7.84. The Hall–Kier alpha value is -3.15. The molecule has 2 aromatic carbocycles. The van der Waals surface area contributed by atoms with E-state index in [1.165, 1.54) is 24.3 Å². The average Bonchev–Trinajstić information content (AvgIpc) is 3.34. The van der Waals surface area contributed by atoms with Crippen LogP contribution in [0.25, 0.3) is 11.4 Å². The Kier molecular flexibility index (Phi) is 5.10. The summed E-state index contributed by atoms with van der Waals surface area (Å²) >= 11 is 0. The number of likely N-dealkylation sites (tertiary alicyclic amines) is 1. The largest absolute Gasteiger partial charge is 0.484 e. The van der Waals surface area contributed by atoms with Gasteiger partial charge in [0.1, 0.15) is 17.4 Å². The number of hydrogen-bond acceptors (Lipinski definition) is 3. The molecule has 0 N–H and O–H groups in total. The SMILES string of the molecule is Cc1cnc(-c2ccccc2)n1C1CCN(C(=O)COc2ccc(F)cc2)C1. The fourth-order valence-corrected chi connectivity index (χ4v) is 3.65. The van der Waals surface area contributed by atoms with Gasteiger partial charge in [-0.05, 0) is 37.6 Å². The van der Waals surface area contributed by atoms with Crippen LogP contribution in [-0.4, -0.2) is 40.1 Å². The number of rotatable bonds is 5. The minimum Gasteiger partial charge on any atom is -0.484 e. The number of carbonyl (C=O) groups excluding carboxylic acids is 1. The summed E-state index contributed by atoms with van der Waals surface area (Å²) in [6.07, 6.45) is 2.75. The third-order valence-electron chi connectivity index (χ3n) is 5.07. The van der Waals surface area contributed by atoms with Crippen molar-refractivity contribution in [3.63, 3.8) is 0 Å². The molecule has 1 saturated heterocycles. The van der Waals surface area contributed by atoms with Crippen molar-refractivity contribution in [2.75, 3.05) is 19.7 Å². The molecule has 1 amide bonds. The molecule has 0 aliphatic carbocycles. The van der Waals surface area contributed by atoms with Crippen LogP contribution in [0.2, 0.25) is 0 Å². The van der Waals surface area contributed by atoms with E-state index in [0.29, 0.717) is 18.8 Å². The first-order valence-electron chi connectivity index (χ1n) is 9.37. The number of aryl methyl sites for hydroxylation is 1. The third kappa shape index (κ3) is 3.76. The van der Waals surface area contributed by atoms with Gasteiger partial charge in [0.2, 0.25) is 0 Å². The summed E-state index contributed by atoms with van der Waals surface area (Å²) in [6.45, 7) is 3.30. The van der Waals surface area contributed by atoms with Crippen molar-refractivity contribution in [1.82, 2.24) is 14.5 Å². The van der Waals surface area contributed by atoms with Gasteiger partial charge in [-0.15, -0.1) is 0 Å². The summed E-state index contributed by atoms with van der Waals surface area (Å²) in [5.41, 5.74) is 2.15. The topological polar surface area (TPSA) is 47.4 Å². The van der Waals surface area contributed by atoms with Crippen LogP contribution >= 0.6 is 0 Å². The van der Waals surface area contributed by atoms with Gasteiger partial charge in [-0.3, -0.25) is 4.79 Å². The Morgan fingerprint density at radius 3 is 2.68 bits per heavy atom. The number of ether oxygens (including phenoxy) is 1. The van der Waals surface area contributed by atoms with Gasteiger partial charge in [0, 0.05) is 30.5 Å². The molecule has 1 aliphatic rings. The highest BCUT2D eigenvalue weighted by Gasteiger charge is 2.30. The minimum atomic E-state index is -0.328. The van der Waals surface area contributed by atoms with Crippen LogP contribution in [0.4, 0.5) is 4.39 Å². The van der Waals surface area contributed by atoms with Crippen molar-refractivity contribution in [2.24, 2.45) is 0 Å². The predicted octanol–water partition coefficient (Wildman–Crippen LogP) is 3.85. The molecule has 6 heteroatoms. The molecule has 1 aliphatic heterocycles. The minimum absolute atomic E-state index is 0.0488. The lowest BCUT2D eigenvalue weighted by Gasteiger charge is -2.20. The highest BCUT2D eigenvalue weighted by atomic mass is 19.1. The smallest absolute Gasteiger partial charge is 0.260 e. The quantitative estimate of drug-likeness (QED) is 0.677. The predicted molar refractivity (Wildman–Crippen MR) is 105 cm³/mol. The maximum Gasteiger partial charge on any atom is 0.260 e. The highest BCUT2D eigenvalue weighted by Crippen LogP contribution is 2.29. The monoisotopic (exact) mass is 379 g/mol. The van der Waals surface area contributed by atoms with Crippen LogP contribution in [0.1, 0.15) is 18.2 Å². The maximum absolute atomic E-state index is 13.0. The molecule has 4 rings (SSSR count). The van der Waals surface area contributed by atoms with Crippen LogP contribution in [0.15, 0.2) is 60.8 Å². The number of benzene rings is 2. The second-order valence-electron chi connectivity index (χ2n) is 6.98. The van der Waals surface area contributed by atoms with Gasteiger partial charge in [-0.1, -0.05) is 30.3 Å². The van der Waals surface area contributed by atoms with Crippen LogP contribution in [-0.2, 0) is 4.79 Å². The van der Waals surface area contributed by atoms with Gasteiger partial charge in [0.25, 0.3) is 5.91 Å². The first kappa shape index (κ1) is 18.2. The zero-order valence-corrected chi connectivity index (χ0v) is 15.7. The van der Waals surface area contributed by atoms with Gasteiger partial charge in [0.15, 0.2) is 6.61 Å². The molecule has 5 nitrogen and oxygen atoms in total. The fourth-order valence-electron chi connectivity index (χ4n) is 3.65. The fraction of sp³-hybridized carbons (Fsp3) is 0.273. The molecule has 0 spiro atoms. The Morgan fingerprint density at radius 2 is 1.93 bits per heavy atom. The molecule has 1 fully saturated rings. The summed E-state index contributed by atoms with van der Waals surface area (Å²) in [7, 11) is 0. The van der Waals surface area contributed by atoms with Gasteiger partial charge in [-0.25, -0.2) is 9.37 Å². The lowest BCUT2D eigenvalue weighted by Crippen LogP contribution is -2.33. The zero-order chi connectivity index (χ0) is 19.5. The third-order valence-corrected chi connectivity index (χ3v) is 5.07. The number of imidazole rings is 1. The van der Waals surface area contributed by atoms with E-state index in [2.05, 4.69) is 9.55 Å². The van der Waals surface area contributed by atoms with Gasteiger partial charge >= 0.3 is 0 Å². The second-order valence-corrected chi connectivity index (χ2v) is 6.98.